The van der Waals surface area contributed by atoms with Crippen LogP contribution in [0.1, 0.15) is 25.7 Å². The second-order valence-corrected chi connectivity index (χ2v) is 6.22. The minimum absolute atomic E-state index is 0.0908. The Kier molecular flexibility index (Phi) is 3.51. The van der Waals surface area contributed by atoms with Crippen LogP contribution in [0.2, 0.25) is 0 Å². The number of nitrogens with one attached hydrogen (secondary N) is 1. The highest BCUT2D eigenvalue weighted by Gasteiger charge is 2.32. The Hall–Kier alpha value is -0.600. The van der Waals surface area contributed by atoms with E-state index in [0.717, 1.165) is 25.8 Å². The van der Waals surface area contributed by atoms with Crippen molar-refractivity contribution in [2.45, 2.75) is 31.2 Å². The summed E-state index contributed by atoms with van der Waals surface area (Å²) in [6.45, 7) is 0.817. The molecule has 1 rings (SSSR count). The van der Waals surface area contributed by atoms with Crippen molar-refractivity contribution in [3.8, 4) is 6.07 Å². The smallest absolute Gasteiger partial charge is 0.147 e. The zero-order valence-electron chi connectivity index (χ0n) is 8.41. The molecule has 0 bridgehead atoms. The summed E-state index contributed by atoms with van der Waals surface area (Å²) < 4.78 is 22.0. The fraction of sp³-hybridized carbons (Fsp3) is 0.889. The number of piperidine rings is 1. The predicted molar refractivity (Wildman–Crippen MR) is 54.5 cm³/mol. The van der Waals surface area contributed by atoms with Gasteiger partial charge < -0.3 is 0 Å². The van der Waals surface area contributed by atoms with E-state index < -0.39 is 15.4 Å². The fourth-order valence-electron chi connectivity index (χ4n) is 1.69. The molecule has 0 amide bonds. The van der Waals surface area contributed by atoms with Gasteiger partial charge in [0, 0.05) is 6.26 Å². The number of hydrogen-bond acceptors (Lipinski definition) is 4. The van der Waals surface area contributed by atoms with Gasteiger partial charge in [0.05, 0.1) is 11.8 Å². The van der Waals surface area contributed by atoms with Crippen LogP contribution in [0.15, 0.2) is 0 Å². The summed E-state index contributed by atoms with van der Waals surface area (Å²) in [4.78, 5) is 0. The van der Waals surface area contributed by atoms with Crippen LogP contribution >= 0.6 is 0 Å². The standard InChI is InChI=1S/C9H16N2O2S/c1-14(12,13)7-5-9(8-10)4-2-3-6-11-9/h11H,2-7H2,1H3. The molecule has 4 nitrogen and oxygen atoms in total. The third-order valence-corrected chi connectivity index (χ3v) is 3.55. The second-order valence-electron chi connectivity index (χ2n) is 3.96. The molecule has 80 valence electrons. The van der Waals surface area contributed by atoms with Crippen LogP contribution in [0.5, 0.6) is 0 Å². The monoisotopic (exact) mass is 216 g/mol. The van der Waals surface area contributed by atoms with Crippen molar-refractivity contribution in [3.63, 3.8) is 0 Å². The average Bonchev–Trinajstić information content (AvgIpc) is 2.15. The molecular formula is C9H16N2O2S. The summed E-state index contributed by atoms with van der Waals surface area (Å²) >= 11 is 0. The number of nitrogens with zero attached hydrogens (tertiary/aromatic N) is 1. The minimum Gasteiger partial charge on any atom is -0.299 e. The molecule has 1 atom stereocenters. The van der Waals surface area contributed by atoms with E-state index in [1.807, 2.05) is 0 Å². The van der Waals surface area contributed by atoms with Crippen LogP contribution in [0, 0.1) is 11.3 Å². The summed E-state index contributed by atoms with van der Waals surface area (Å²) in [5.41, 5.74) is -0.596. The van der Waals surface area contributed by atoms with Crippen LogP contribution in [0.3, 0.4) is 0 Å². The molecule has 1 aliphatic rings. The fourth-order valence-corrected chi connectivity index (χ4v) is 2.41. The van der Waals surface area contributed by atoms with Crippen molar-refractivity contribution in [1.29, 1.82) is 5.26 Å². The van der Waals surface area contributed by atoms with Gasteiger partial charge in [-0.15, -0.1) is 0 Å². The van der Waals surface area contributed by atoms with Gasteiger partial charge in [0.15, 0.2) is 0 Å². The molecule has 0 saturated carbocycles. The third kappa shape index (κ3) is 3.28. The molecule has 0 aromatic heterocycles. The first-order chi connectivity index (χ1) is 6.47. The third-order valence-electron chi connectivity index (χ3n) is 2.61. The molecule has 1 saturated heterocycles. The van der Waals surface area contributed by atoms with E-state index in [0.29, 0.717) is 6.42 Å². The van der Waals surface area contributed by atoms with Gasteiger partial charge in [-0.1, -0.05) is 0 Å². The molecule has 5 heteroatoms. The average molecular weight is 216 g/mol. The number of sulfone groups is 1. The summed E-state index contributed by atoms with van der Waals surface area (Å²) in [5, 5.41) is 12.2. The van der Waals surface area contributed by atoms with Gasteiger partial charge in [-0.25, -0.2) is 8.42 Å². The van der Waals surface area contributed by atoms with E-state index in [-0.39, 0.29) is 5.75 Å². The molecule has 0 spiro atoms. The summed E-state index contributed by atoms with van der Waals surface area (Å²) in [5.74, 6) is 0.0908. The van der Waals surface area contributed by atoms with Crippen LogP contribution in [-0.2, 0) is 9.84 Å². The Morgan fingerprint density at radius 3 is 2.64 bits per heavy atom. The SMILES string of the molecule is CS(=O)(=O)CCC1(C#N)CCCCN1. The van der Waals surface area contributed by atoms with Gasteiger partial charge in [-0.2, -0.15) is 5.26 Å². The topological polar surface area (TPSA) is 70.0 Å². The van der Waals surface area contributed by atoms with E-state index >= 15 is 0 Å². The normalized spacial score (nSPS) is 28.3. The number of hydrogen-bond donors (Lipinski definition) is 1. The van der Waals surface area contributed by atoms with Crippen molar-refractivity contribution in [2.75, 3.05) is 18.6 Å². The van der Waals surface area contributed by atoms with Crippen molar-refractivity contribution in [2.24, 2.45) is 0 Å². The van der Waals surface area contributed by atoms with Crippen LogP contribution < -0.4 is 5.32 Å². The molecule has 1 heterocycles. The quantitative estimate of drug-likeness (QED) is 0.744. The van der Waals surface area contributed by atoms with E-state index in [9.17, 15) is 8.42 Å². The Balaban J connectivity index is 2.58. The van der Waals surface area contributed by atoms with Crippen LogP contribution in [0.25, 0.3) is 0 Å². The lowest BCUT2D eigenvalue weighted by Crippen LogP contribution is -2.48. The molecule has 1 N–H and O–H groups in total. The van der Waals surface area contributed by atoms with E-state index in [1.165, 1.54) is 6.26 Å². The van der Waals surface area contributed by atoms with Crippen molar-refractivity contribution < 1.29 is 8.42 Å². The van der Waals surface area contributed by atoms with Crippen molar-refractivity contribution >= 4 is 9.84 Å². The first-order valence-corrected chi connectivity index (χ1v) is 6.88. The van der Waals surface area contributed by atoms with Gasteiger partial charge in [0.25, 0.3) is 0 Å². The molecule has 0 aromatic carbocycles. The Labute approximate surface area is 85.2 Å². The molecule has 0 aliphatic carbocycles. The largest absolute Gasteiger partial charge is 0.299 e. The molecule has 1 fully saturated rings. The van der Waals surface area contributed by atoms with Crippen molar-refractivity contribution in [1.82, 2.24) is 5.32 Å². The Bertz CT molecular complexity index is 323. The van der Waals surface area contributed by atoms with Gasteiger partial charge >= 0.3 is 0 Å². The highest BCUT2D eigenvalue weighted by molar-refractivity contribution is 7.90. The van der Waals surface area contributed by atoms with E-state index in [4.69, 9.17) is 5.26 Å². The molecule has 14 heavy (non-hydrogen) atoms. The first-order valence-electron chi connectivity index (χ1n) is 4.81. The predicted octanol–water partition coefficient (Wildman–Crippen LogP) is 0.457. The number of rotatable bonds is 3. The molecule has 1 aliphatic heterocycles. The van der Waals surface area contributed by atoms with E-state index in [1.54, 1.807) is 0 Å². The zero-order valence-corrected chi connectivity index (χ0v) is 9.23. The van der Waals surface area contributed by atoms with Gasteiger partial charge in [-0.3, -0.25) is 5.32 Å². The minimum atomic E-state index is -2.96. The summed E-state index contributed by atoms with van der Waals surface area (Å²) in [6.07, 6.45) is 4.45. The maximum atomic E-state index is 11.0. The Morgan fingerprint density at radius 2 is 2.21 bits per heavy atom. The zero-order chi connectivity index (χ0) is 10.7. The Morgan fingerprint density at radius 1 is 1.50 bits per heavy atom. The summed E-state index contributed by atoms with van der Waals surface area (Å²) in [7, 11) is -2.96. The lowest BCUT2D eigenvalue weighted by atomic mass is 9.88. The second kappa shape index (κ2) is 4.28. The molecular weight excluding hydrogens is 200 g/mol. The van der Waals surface area contributed by atoms with Crippen LogP contribution in [0.4, 0.5) is 0 Å². The first kappa shape index (κ1) is 11.5. The maximum absolute atomic E-state index is 11.0. The highest BCUT2D eigenvalue weighted by atomic mass is 32.2. The van der Waals surface area contributed by atoms with E-state index in [2.05, 4.69) is 11.4 Å². The molecule has 0 aromatic rings. The number of nitriles is 1. The lowest BCUT2D eigenvalue weighted by Gasteiger charge is -2.31. The van der Waals surface area contributed by atoms with Crippen molar-refractivity contribution in [3.05, 3.63) is 0 Å². The highest BCUT2D eigenvalue weighted by Crippen LogP contribution is 2.22. The van der Waals surface area contributed by atoms with Crippen LogP contribution in [-0.4, -0.2) is 32.5 Å². The lowest BCUT2D eigenvalue weighted by molar-refractivity contribution is 0.315. The van der Waals surface area contributed by atoms with Gasteiger partial charge in [-0.05, 0) is 32.2 Å². The summed E-state index contributed by atoms with van der Waals surface area (Å²) in [6, 6.07) is 2.21. The molecule has 1 unspecified atom stereocenters. The van der Waals surface area contributed by atoms with Gasteiger partial charge in [0.1, 0.15) is 15.4 Å². The van der Waals surface area contributed by atoms with Gasteiger partial charge in [0.2, 0.25) is 0 Å². The maximum Gasteiger partial charge on any atom is 0.147 e. The molecule has 0 radical (unpaired) electrons.